The summed E-state index contributed by atoms with van der Waals surface area (Å²) in [5.41, 5.74) is 1.91. The number of hydrogen-bond acceptors (Lipinski definition) is 3. The summed E-state index contributed by atoms with van der Waals surface area (Å²) in [5.74, 6) is 1.88. The molecule has 21 heavy (non-hydrogen) atoms. The van der Waals surface area contributed by atoms with Crippen LogP contribution in [0.25, 0.3) is 0 Å². The van der Waals surface area contributed by atoms with Crippen LogP contribution in [0.5, 0.6) is 0 Å². The van der Waals surface area contributed by atoms with E-state index in [1.807, 2.05) is 23.9 Å². The van der Waals surface area contributed by atoms with Crippen molar-refractivity contribution < 1.29 is 5.11 Å². The van der Waals surface area contributed by atoms with Gasteiger partial charge < -0.3 is 10.4 Å². The van der Waals surface area contributed by atoms with Crippen LogP contribution in [-0.2, 0) is 0 Å². The molecule has 1 unspecified atom stereocenters. The molecule has 2 N–H and O–H groups in total. The first-order chi connectivity index (χ1) is 10.3. The van der Waals surface area contributed by atoms with Crippen molar-refractivity contribution >= 4 is 11.8 Å². The van der Waals surface area contributed by atoms with Crippen molar-refractivity contribution in [1.82, 2.24) is 5.32 Å². The van der Waals surface area contributed by atoms with Gasteiger partial charge >= 0.3 is 0 Å². The SMILES string of the molecule is OC1(CNC(c2ccccc2)c2ccccc2)CCSC1. The lowest BCUT2D eigenvalue weighted by atomic mass is 9.96. The summed E-state index contributed by atoms with van der Waals surface area (Å²) < 4.78 is 0. The normalized spacial score (nSPS) is 21.8. The Kier molecular flexibility index (Phi) is 4.63. The van der Waals surface area contributed by atoms with Crippen LogP contribution in [0.4, 0.5) is 0 Å². The van der Waals surface area contributed by atoms with E-state index in [9.17, 15) is 5.11 Å². The van der Waals surface area contributed by atoms with Gasteiger partial charge in [0.1, 0.15) is 0 Å². The van der Waals surface area contributed by atoms with Gasteiger partial charge in [0.05, 0.1) is 11.6 Å². The van der Waals surface area contributed by atoms with Crippen molar-refractivity contribution in [2.75, 3.05) is 18.1 Å². The number of rotatable bonds is 5. The van der Waals surface area contributed by atoms with Crippen LogP contribution in [0.2, 0.25) is 0 Å². The average molecular weight is 299 g/mol. The number of benzene rings is 2. The highest BCUT2D eigenvalue weighted by atomic mass is 32.2. The minimum Gasteiger partial charge on any atom is -0.388 e. The van der Waals surface area contributed by atoms with Crippen LogP contribution in [-0.4, -0.2) is 28.8 Å². The topological polar surface area (TPSA) is 32.3 Å². The van der Waals surface area contributed by atoms with Crippen LogP contribution < -0.4 is 5.32 Å². The van der Waals surface area contributed by atoms with Gasteiger partial charge in [-0.05, 0) is 23.3 Å². The fraction of sp³-hybridized carbons (Fsp3) is 0.333. The largest absolute Gasteiger partial charge is 0.388 e. The zero-order chi connectivity index (χ0) is 14.5. The summed E-state index contributed by atoms with van der Waals surface area (Å²) in [6, 6.07) is 21.0. The van der Waals surface area contributed by atoms with E-state index in [0.29, 0.717) is 6.54 Å². The predicted octanol–water partition coefficient (Wildman–Crippen LogP) is 3.23. The maximum Gasteiger partial charge on any atom is 0.0869 e. The van der Waals surface area contributed by atoms with Crippen LogP contribution in [0.3, 0.4) is 0 Å². The van der Waals surface area contributed by atoms with E-state index in [-0.39, 0.29) is 6.04 Å². The molecule has 3 heteroatoms. The molecule has 0 amide bonds. The molecule has 1 aliphatic heterocycles. The molecule has 0 aliphatic carbocycles. The Hall–Kier alpha value is -1.29. The molecule has 1 heterocycles. The van der Waals surface area contributed by atoms with Crippen molar-refractivity contribution in [3.63, 3.8) is 0 Å². The fourth-order valence-corrected chi connectivity index (χ4v) is 4.04. The van der Waals surface area contributed by atoms with E-state index < -0.39 is 5.60 Å². The first-order valence-electron chi connectivity index (χ1n) is 7.40. The molecule has 1 aliphatic rings. The third-order valence-corrected chi connectivity index (χ3v) is 5.22. The van der Waals surface area contributed by atoms with Crippen molar-refractivity contribution in [3.8, 4) is 0 Å². The van der Waals surface area contributed by atoms with E-state index in [0.717, 1.165) is 17.9 Å². The van der Waals surface area contributed by atoms with E-state index in [4.69, 9.17) is 0 Å². The minimum absolute atomic E-state index is 0.127. The van der Waals surface area contributed by atoms with Gasteiger partial charge in [0.15, 0.2) is 0 Å². The predicted molar refractivity (Wildman–Crippen MR) is 89.6 cm³/mol. The Morgan fingerprint density at radius 1 is 1.00 bits per heavy atom. The lowest BCUT2D eigenvalue weighted by molar-refractivity contribution is 0.0658. The van der Waals surface area contributed by atoms with Gasteiger partial charge in [-0.25, -0.2) is 0 Å². The van der Waals surface area contributed by atoms with Crippen LogP contribution in [0.15, 0.2) is 60.7 Å². The Labute approximate surface area is 130 Å². The molecule has 110 valence electrons. The Morgan fingerprint density at radius 2 is 1.57 bits per heavy atom. The molecule has 0 spiro atoms. The fourth-order valence-electron chi connectivity index (χ4n) is 2.75. The lowest BCUT2D eigenvalue weighted by Crippen LogP contribution is -2.42. The van der Waals surface area contributed by atoms with Crippen molar-refractivity contribution in [2.45, 2.75) is 18.1 Å². The number of nitrogens with one attached hydrogen (secondary N) is 1. The molecule has 1 saturated heterocycles. The van der Waals surface area contributed by atoms with E-state index in [1.165, 1.54) is 11.1 Å². The summed E-state index contributed by atoms with van der Waals surface area (Å²) in [5, 5.41) is 14.1. The van der Waals surface area contributed by atoms with Crippen molar-refractivity contribution in [2.24, 2.45) is 0 Å². The van der Waals surface area contributed by atoms with Crippen molar-refractivity contribution in [3.05, 3.63) is 71.8 Å². The molecule has 1 atom stereocenters. The van der Waals surface area contributed by atoms with E-state index in [1.54, 1.807) is 0 Å². The summed E-state index contributed by atoms with van der Waals surface area (Å²) in [6.07, 6.45) is 0.876. The molecule has 1 fully saturated rings. The first kappa shape index (κ1) is 14.6. The molecule has 0 bridgehead atoms. The average Bonchev–Trinajstić information content (AvgIpc) is 2.97. The molecular formula is C18H21NOS. The first-order valence-corrected chi connectivity index (χ1v) is 8.56. The highest BCUT2D eigenvalue weighted by molar-refractivity contribution is 7.99. The minimum atomic E-state index is -0.563. The van der Waals surface area contributed by atoms with Gasteiger partial charge in [0.2, 0.25) is 0 Å². The van der Waals surface area contributed by atoms with E-state index in [2.05, 4.69) is 53.8 Å². The van der Waals surface area contributed by atoms with Crippen LogP contribution in [0, 0.1) is 0 Å². The summed E-state index contributed by atoms with van der Waals surface area (Å²) in [4.78, 5) is 0. The maximum absolute atomic E-state index is 10.6. The zero-order valence-electron chi connectivity index (χ0n) is 12.0. The Bertz CT molecular complexity index is 512. The molecule has 2 aromatic carbocycles. The second-order valence-electron chi connectivity index (χ2n) is 5.66. The summed E-state index contributed by atoms with van der Waals surface area (Å²) in [6.45, 7) is 0.633. The highest BCUT2D eigenvalue weighted by Gasteiger charge is 2.32. The highest BCUT2D eigenvalue weighted by Crippen LogP contribution is 2.29. The third kappa shape index (κ3) is 3.67. The van der Waals surface area contributed by atoms with Gasteiger partial charge in [0.25, 0.3) is 0 Å². The van der Waals surface area contributed by atoms with Gasteiger partial charge in [-0.1, -0.05) is 60.7 Å². The second-order valence-corrected chi connectivity index (χ2v) is 6.77. The molecule has 0 saturated carbocycles. The number of aliphatic hydroxyl groups is 1. The van der Waals surface area contributed by atoms with E-state index >= 15 is 0 Å². The molecule has 2 aromatic rings. The molecule has 2 nitrogen and oxygen atoms in total. The smallest absolute Gasteiger partial charge is 0.0869 e. The number of hydrogen-bond donors (Lipinski definition) is 2. The van der Waals surface area contributed by atoms with Gasteiger partial charge in [0, 0.05) is 12.3 Å². The van der Waals surface area contributed by atoms with Crippen LogP contribution in [0.1, 0.15) is 23.6 Å². The van der Waals surface area contributed by atoms with Gasteiger partial charge in [-0.2, -0.15) is 11.8 Å². The number of thioether (sulfide) groups is 1. The Morgan fingerprint density at radius 3 is 2.05 bits per heavy atom. The molecule has 3 rings (SSSR count). The summed E-state index contributed by atoms with van der Waals surface area (Å²) >= 11 is 1.83. The lowest BCUT2D eigenvalue weighted by Gasteiger charge is -2.27. The van der Waals surface area contributed by atoms with Crippen molar-refractivity contribution in [1.29, 1.82) is 0 Å². The summed E-state index contributed by atoms with van der Waals surface area (Å²) in [7, 11) is 0. The standard InChI is InChI=1S/C18H21NOS/c20-18(11-12-21-14-18)13-19-17(15-7-3-1-4-8-15)16-9-5-2-6-10-16/h1-10,17,19-20H,11-14H2. The second kappa shape index (κ2) is 6.65. The van der Waals surface area contributed by atoms with Crippen LogP contribution >= 0.6 is 11.8 Å². The molecular weight excluding hydrogens is 278 g/mol. The molecule has 0 aromatic heterocycles. The quantitative estimate of drug-likeness (QED) is 0.889. The monoisotopic (exact) mass is 299 g/mol. The Balaban J connectivity index is 1.80. The zero-order valence-corrected chi connectivity index (χ0v) is 12.9. The third-order valence-electron chi connectivity index (χ3n) is 3.98. The molecule has 0 radical (unpaired) electrons. The van der Waals surface area contributed by atoms with Gasteiger partial charge in [-0.3, -0.25) is 0 Å². The van der Waals surface area contributed by atoms with Gasteiger partial charge in [-0.15, -0.1) is 0 Å². The maximum atomic E-state index is 10.6.